The van der Waals surface area contributed by atoms with Gasteiger partial charge >= 0.3 is 12.4 Å². The molecule has 32 heavy (non-hydrogen) atoms. The summed E-state index contributed by atoms with van der Waals surface area (Å²) in [6.45, 7) is 0. The molecule has 0 aromatic carbocycles. The molecule has 2 fully saturated rings. The average molecular weight is 504 g/mol. The van der Waals surface area contributed by atoms with Crippen LogP contribution in [0.15, 0.2) is 0 Å². The SMILES string of the molecule is C.C.C.FC(F)(F)c1n[nH]c2c1[C@H]1C[C@H]1C2.O=C1c2n[nH]c(C(F)(F)F)c2[C@H]2C[C@@H]12.[CH3-].[V]. The fourth-order valence-electron chi connectivity index (χ4n) is 4.34. The normalized spacial score (nSPS) is 24.9. The standard InChI is InChI=1S/C8H5F3N2O.C8H7F3N2.3CH4.CH3.V/c9-8(10,11)7-4-2-1-3(2)6(14)5(4)12-13-7;9-8(10,11)7-6-4-1-3(4)2-5(6)12-13-7;;;;;/h2-3H,1H2,(H,12,13);3-4H,1-2H2,(H,12,13);3*1H4;1H3;/q;;;;;-1;/t2-,3+;3-,4-;;;;;/m00...../s1. The van der Waals surface area contributed by atoms with Crippen molar-refractivity contribution in [1.82, 2.24) is 20.4 Å². The largest absolute Gasteiger partial charge is 0.435 e. The van der Waals surface area contributed by atoms with E-state index in [0.29, 0.717) is 23.6 Å². The van der Waals surface area contributed by atoms with Crippen molar-refractivity contribution in [2.75, 3.05) is 0 Å². The zero-order valence-corrected chi connectivity index (χ0v) is 16.3. The maximum atomic E-state index is 12.4. The monoisotopic (exact) mass is 504 g/mol. The van der Waals surface area contributed by atoms with E-state index in [0.717, 1.165) is 12.8 Å². The minimum absolute atomic E-state index is 0. The van der Waals surface area contributed by atoms with Gasteiger partial charge in [-0.3, -0.25) is 15.0 Å². The summed E-state index contributed by atoms with van der Waals surface area (Å²) in [6, 6.07) is 0. The van der Waals surface area contributed by atoms with Crippen molar-refractivity contribution in [1.29, 1.82) is 0 Å². The molecule has 4 aliphatic carbocycles. The zero-order chi connectivity index (χ0) is 19.3. The summed E-state index contributed by atoms with van der Waals surface area (Å²) in [7, 11) is 0. The number of aromatic amines is 2. The number of hydrogen-bond acceptors (Lipinski definition) is 3. The summed E-state index contributed by atoms with van der Waals surface area (Å²) in [6.07, 6.45) is -6.51. The Kier molecular flexibility index (Phi) is 8.74. The van der Waals surface area contributed by atoms with Gasteiger partial charge in [-0.15, -0.1) is 0 Å². The Hall–Kier alpha value is -1.75. The topological polar surface area (TPSA) is 74.4 Å². The molecule has 4 atom stereocenters. The molecule has 0 spiro atoms. The van der Waals surface area contributed by atoms with Gasteiger partial charge in [0.05, 0.1) is 0 Å². The summed E-state index contributed by atoms with van der Waals surface area (Å²) in [4.78, 5) is 11.3. The van der Waals surface area contributed by atoms with Crippen LogP contribution in [0.1, 0.15) is 85.7 Å². The molecule has 2 heterocycles. The second-order valence-corrected chi connectivity index (χ2v) is 7.44. The average Bonchev–Trinajstić information content (AvgIpc) is 3.27. The van der Waals surface area contributed by atoms with Crippen LogP contribution in [-0.4, -0.2) is 26.2 Å². The van der Waals surface area contributed by atoms with Crippen LogP contribution in [0.25, 0.3) is 0 Å². The van der Waals surface area contributed by atoms with E-state index >= 15 is 0 Å². The van der Waals surface area contributed by atoms with Crippen LogP contribution in [-0.2, 0) is 37.3 Å². The number of carbonyl (C=O) groups is 1. The van der Waals surface area contributed by atoms with Gasteiger partial charge in [-0.25, -0.2) is 0 Å². The van der Waals surface area contributed by atoms with Crippen molar-refractivity contribution >= 4 is 5.78 Å². The summed E-state index contributed by atoms with van der Waals surface area (Å²) >= 11 is 0. The van der Waals surface area contributed by atoms with Gasteiger partial charge in [-0.2, -0.15) is 36.5 Å². The Labute approximate surface area is 195 Å². The minimum Gasteiger partial charge on any atom is -0.358 e. The van der Waals surface area contributed by atoms with E-state index in [-0.39, 0.29) is 83.1 Å². The van der Waals surface area contributed by atoms with Crippen molar-refractivity contribution in [2.45, 2.75) is 65.7 Å². The van der Waals surface area contributed by atoms with Gasteiger partial charge < -0.3 is 7.43 Å². The van der Waals surface area contributed by atoms with Crippen LogP contribution in [0.4, 0.5) is 26.3 Å². The van der Waals surface area contributed by atoms with E-state index in [1.807, 2.05) is 5.10 Å². The first kappa shape index (κ1) is 30.3. The van der Waals surface area contributed by atoms with E-state index in [1.165, 1.54) is 0 Å². The van der Waals surface area contributed by atoms with Crippen LogP contribution in [0.2, 0.25) is 0 Å². The molecule has 6 rings (SSSR count). The van der Waals surface area contributed by atoms with Crippen LogP contribution < -0.4 is 0 Å². The number of aromatic nitrogens is 4. The molecule has 0 unspecified atom stereocenters. The molecular weight excluding hydrogens is 477 g/mol. The molecule has 2 N–H and O–H groups in total. The molecule has 4 aliphatic rings. The van der Waals surface area contributed by atoms with Crippen LogP contribution in [0.3, 0.4) is 0 Å². The van der Waals surface area contributed by atoms with Gasteiger partial charge in [-0.05, 0) is 37.0 Å². The number of carbonyl (C=O) groups excluding carboxylic acids is 1. The number of hydrogen-bond donors (Lipinski definition) is 2. The first-order chi connectivity index (χ1) is 12.6. The molecule has 181 valence electrons. The second kappa shape index (κ2) is 9.25. The second-order valence-electron chi connectivity index (χ2n) is 7.44. The van der Waals surface area contributed by atoms with Gasteiger partial charge in [0.25, 0.3) is 0 Å². The predicted molar refractivity (Wildman–Crippen MR) is 104 cm³/mol. The molecule has 0 aliphatic heterocycles. The summed E-state index contributed by atoms with van der Waals surface area (Å²) in [5.74, 6) is -0.0800. The molecular formula is C20H27F6N4OV-. The van der Waals surface area contributed by atoms with Gasteiger partial charge in [0, 0.05) is 41.3 Å². The Balaban J connectivity index is 0.000000520. The van der Waals surface area contributed by atoms with Crippen molar-refractivity contribution in [2.24, 2.45) is 11.8 Å². The van der Waals surface area contributed by atoms with Crippen LogP contribution in [0, 0.1) is 19.3 Å². The zero-order valence-electron chi connectivity index (χ0n) is 14.9. The maximum Gasteiger partial charge on any atom is 0.435 e. The van der Waals surface area contributed by atoms with Crippen molar-refractivity contribution in [3.63, 3.8) is 0 Å². The predicted octanol–water partition coefficient (Wildman–Crippen LogP) is 6.17. The fourth-order valence-corrected chi connectivity index (χ4v) is 4.34. The van der Waals surface area contributed by atoms with Crippen molar-refractivity contribution in [3.8, 4) is 0 Å². The summed E-state index contributed by atoms with van der Waals surface area (Å²) < 4.78 is 74.4. The van der Waals surface area contributed by atoms with E-state index < -0.39 is 23.7 Å². The third-order valence-electron chi connectivity index (χ3n) is 5.73. The Bertz CT molecular complexity index is 964. The van der Waals surface area contributed by atoms with Gasteiger partial charge in [0.2, 0.25) is 0 Å². The number of alkyl halides is 6. The smallest absolute Gasteiger partial charge is 0.358 e. The molecule has 12 heteroatoms. The number of nitrogens with zero attached hydrogens (tertiary/aromatic N) is 2. The van der Waals surface area contributed by atoms with Gasteiger partial charge in [0.15, 0.2) is 11.5 Å². The van der Waals surface area contributed by atoms with E-state index in [4.69, 9.17) is 0 Å². The molecule has 2 saturated carbocycles. The first-order valence-electron chi connectivity index (χ1n) is 8.41. The van der Waals surface area contributed by atoms with Crippen molar-refractivity contribution < 1.29 is 49.7 Å². The first-order valence-corrected chi connectivity index (χ1v) is 8.41. The number of ketones is 1. The Morgan fingerprint density at radius 1 is 0.812 bits per heavy atom. The Morgan fingerprint density at radius 2 is 1.44 bits per heavy atom. The maximum absolute atomic E-state index is 12.4. The molecule has 2 aromatic rings. The molecule has 1 radical (unpaired) electrons. The van der Waals surface area contributed by atoms with Gasteiger partial charge in [0.1, 0.15) is 11.4 Å². The summed E-state index contributed by atoms with van der Waals surface area (Å²) in [5.41, 5.74) is -0.296. The third kappa shape index (κ3) is 4.51. The number of Topliss-reactive ketones (excluding diaryl/α,β-unsaturated/α-hetero) is 1. The number of H-pyrrole nitrogens is 2. The number of rotatable bonds is 0. The summed E-state index contributed by atoms with van der Waals surface area (Å²) in [5, 5.41) is 11.2. The third-order valence-corrected chi connectivity index (χ3v) is 5.73. The molecule has 0 bridgehead atoms. The molecule has 0 saturated heterocycles. The van der Waals surface area contributed by atoms with Crippen molar-refractivity contribution in [3.05, 3.63) is 41.3 Å². The fraction of sp³-hybridized carbons (Fsp3) is 0.600. The van der Waals surface area contributed by atoms with E-state index in [2.05, 4.69) is 15.3 Å². The minimum atomic E-state index is -4.43. The molecule has 2 aromatic heterocycles. The van der Waals surface area contributed by atoms with E-state index in [1.54, 1.807) is 0 Å². The van der Waals surface area contributed by atoms with E-state index in [9.17, 15) is 31.1 Å². The number of fused-ring (bicyclic) bond motifs is 6. The van der Waals surface area contributed by atoms with Crippen LogP contribution >= 0.6 is 0 Å². The number of nitrogens with one attached hydrogen (secondary N) is 2. The molecule has 5 nitrogen and oxygen atoms in total. The molecule has 0 amide bonds. The van der Waals surface area contributed by atoms with Gasteiger partial charge in [-0.1, -0.05) is 22.3 Å². The quantitative estimate of drug-likeness (QED) is 0.333. The number of halogens is 6. The van der Waals surface area contributed by atoms with Crippen LogP contribution in [0.5, 0.6) is 0 Å². The Morgan fingerprint density at radius 3 is 2.00 bits per heavy atom.